The topological polar surface area (TPSA) is 77.6 Å². The Balaban J connectivity index is 1.48. The van der Waals surface area contributed by atoms with Gasteiger partial charge in [0.25, 0.3) is 5.91 Å². The van der Waals surface area contributed by atoms with Gasteiger partial charge in [-0.2, -0.15) is 0 Å². The van der Waals surface area contributed by atoms with Gasteiger partial charge < -0.3 is 9.72 Å². The van der Waals surface area contributed by atoms with Crippen LogP contribution in [0.1, 0.15) is 48.6 Å². The van der Waals surface area contributed by atoms with Crippen LogP contribution in [-0.2, 0) is 17.6 Å². The molecule has 0 spiro atoms. The number of hydrogen-bond donors (Lipinski definition) is 3. The van der Waals surface area contributed by atoms with Gasteiger partial charge in [-0.1, -0.05) is 25.1 Å². The highest BCUT2D eigenvalue weighted by Crippen LogP contribution is 2.37. The van der Waals surface area contributed by atoms with Gasteiger partial charge in [-0.05, 0) is 72.7 Å². The molecule has 0 aliphatic heterocycles. The monoisotopic (exact) mass is 433 g/mol. The number of aromatic nitrogens is 1. The summed E-state index contributed by atoms with van der Waals surface area (Å²) < 4.78 is 5.33. The van der Waals surface area contributed by atoms with Gasteiger partial charge in [-0.15, -0.1) is 0 Å². The number of H-pyrrole nitrogens is 1. The first kappa shape index (κ1) is 22.1. The summed E-state index contributed by atoms with van der Waals surface area (Å²) in [5.74, 6) is 0.360. The maximum atomic E-state index is 11.4. The SMILES string of the molecule is CCN(CCc1c[nH]c2cc(OC)ccc12)C1CCc2cc(C(C)=CC(=O)NO)ccc21. The van der Waals surface area contributed by atoms with Crippen LogP contribution in [0, 0.1) is 0 Å². The van der Waals surface area contributed by atoms with Gasteiger partial charge in [-0.25, -0.2) is 5.48 Å². The van der Waals surface area contributed by atoms with E-state index in [-0.39, 0.29) is 0 Å². The van der Waals surface area contributed by atoms with E-state index in [1.807, 2.05) is 19.1 Å². The van der Waals surface area contributed by atoms with Gasteiger partial charge in [0.2, 0.25) is 0 Å². The number of fused-ring (bicyclic) bond motifs is 2. The molecule has 1 aliphatic carbocycles. The van der Waals surface area contributed by atoms with Gasteiger partial charge in [0.15, 0.2) is 0 Å². The van der Waals surface area contributed by atoms with Crippen molar-refractivity contribution in [1.82, 2.24) is 15.4 Å². The summed E-state index contributed by atoms with van der Waals surface area (Å²) in [6, 6.07) is 13.1. The number of nitrogens with zero attached hydrogens (tertiary/aromatic N) is 1. The molecule has 1 atom stereocenters. The Labute approximate surface area is 188 Å². The van der Waals surface area contributed by atoms with Crippen LogP contribution in [0.5, 0.6) is 5.75 Å². The Kier molecular flexibility index (Phi) is 6.63. The average molecular weight is 434 g/mol. The van der Waals surface area contributed by atoms with E-state index >= 15 is 0 Å². The van der Waals surface area contributed by atoms with E-state index in [9.17, 15) is 4.79 Å². The zero-order chi connectivity index (χ0) is 22.7. The van der Waals surface area contributed by atoms with E-state index in [2.05, 4.69) is 47.3 Å². The molecule has 32 heavy (non-hydrogen) atoms. The van der Waals surface area contributed by atoms with E-state index < -0.39 is 5.91 Å². The third-order valence-corrected chi connectivity index (χ3v) is 6.59. The fourth-order valence-electron chi connectivity index (χ4n) is 4.83. The van der Waals surface area contributed by atoms with E-state index in [1.165, 1.54) is 28.2 Å². The van der Waals surface area contributed by atoms with Crippen molar-refractivity contribution in [2.75, 3.05) is 20.2 Å². The first-order valence-corrected chi connectivity index (χ1v) is 11.2. The maximum Gasteiger partial charge on any atom is 0.267 e. The molecule has 1 aliphatic rings. The molecule has 6 nitrogen and oxygen atoms in total. The Hall–Kier alpha value is -3.09. The third-order valence-electron chi connectivity index (χ3n) is 6.59. The molecule has 0 fully saturated rings. The summed E-state index contributed by atoms with van der Waals surface area (Å²) in [6.07, 6.45) is 6.67. The molecule has 0 saturated heterocycles. The zero-order valence-corrected chi connectivity index (χ0v) is 18.9. The number of methoxy groups -OCH3 is 1. The van der Waals surface area contributed by atoms with Crippen molar-refractivity contribution in [1.29, 1.82) is 0 Å². The zero-order valence-electron chi connectivity index (χ0n) is 18.9. The van der Waals surface area contributed by atoms with E-state index in [0.29, 0.717) is 6.04 Å². The van der Waals surface area contributed by atoms with Crippen molar-refractivity contribution in [3.63, 3.8) is 0 Å². The lowest BCUT2D eigenvalue weighted by Gasteiger charge is -2.28. The van der Waals surface area contributed by atoms with Crippen molar-refractivity contribution in [3.8, 4) is 5.75 Å². The fourth-order valence-corrected chi connectivity index (χ4v) is 4.83. The van der Waals surface area contributed by atoms with Crippen LogP contribution in [0.2, 0.25) is 0 Å². The second-order valence-corrected chi connectivity index (χ2v) is 8.38. The smallest absolute Gasteiger partial charge is 0.267 e. The van der Waals surface area contributed by atoms with Crippen molar-refractivity contribution in [2.24, 2.45) is 0 Å². The predicted octanol–water partition coefficient (Wildman–Crippen LogP) is 4.64. The number of allylic oxidation sites excluding steroid dienone is 1. The largest absolute Gasteiger partial charge is 0.497 e. The normalized spacial score (nSPS) is 15.9. The van der Waals surface area contributed by atoms with E-state index in [1.54, 1.807) is 12.6 Å². The highest BCUT2D eigenvalue weighted by Gasteiger charge is 2.27. The van der Waals surface area contributed by atoms with Crippen LogP contribution in [0.15, 0.2) is 48.7 Å². The number of amides is 1. The average Bonchev–Trinajstić information content (AvgIpc) is 3.42. The molecule has 1 amide bonds. The standard InChI is InChI=1S/C26H31N3O3/c1-4-29(12-11-20-16-27-24-15-21(32-3)7-9-22(20)24)25-10-6-19-14-18(5-8-23(19)25)17(2)13-26(30)28-31/h5,7-9,13-16,25,27,31H,4,6,10-12H2,1-3H3,(H,28,30). The van der Waals surface area contributed by atoms with Crippen LogP contribution >= 0.6 is 0 Å². The highest BCUT2D eigenvalue weighted by molar-refractivity contribution is 5.94. The Bertz CT molecular complexity index is 1150. The van der Waals surface area contributed by atoms with Crippen LogP contribution in [0.25, 0.3) is 16.5 Å². The number of likely N-dealkylation sites (N-methyl/N-ethyl adjacent to an activating group) is 1. The molecule has 1 aromatic heterocycles. The van der Waals surface area contributed by atoms with Crippen LogP contribution in [0.4, 0.5) is 0 Å². The van der Waals surface area contributed by atoms with Gasteiger partial charge in [-0.3, -0.25) is 14.9 Å². The number of rotatable bonds is 8. The van der Waals surface area contributed by atoms with Gasteiger partial charge in [0.1, 0.15) is 5.75 Å². The Morgan fingerprint density at radius 2 is 2.16 bits per heavy atom. The number of aryl methyl sites for hydroxylation is 1. The van der Waals surface area contributed by atoms with Crippen molar-refractivity contribution >= 4 is 22.4 Å². The highest BCUT2D eigenvalue weighted by atomic mass is 16.5. The number of nitrogens with one attached hydrogen (secondary N) is 2. The molecular weight excluding hydrogens is 402 g/mol. The first-order valence-electron chi connectivity index (χ1n) is 11.2. The van der Waals surface area contributed by atoms with Crippen molar-refractivity contribution < 1.29 is 14.7 Å². The van der Waals surface area contributed by atoms with E-state index in [4.69, 9.17) is 9.94 Å². The summed E-state index contributed by atoms with van der Waals surface area (Å²) >= 11 is 0. The number of ether oxygens (including phenoxy) is 1. The molecule has 3 aromatic rings. The summed E-state index contributed by atoms with van der Waals surface area (Å²) in [4.78, 5) is 17.4. The lowest BCUT2D eigenvalue weighted by atomic mass is 9.99. The minimum Gasteiger partial charge on any atom is -0.497 e. The lowest BCUT2D eigenvalue weighted by Crippen LogP contribution is -2.29. The quantitative estimate of drug-likeness (QED) is 0.275. The fraction of sp³-hybridized carbons (Fsp3) is 0.346. The van der Waals surface area contributed by atoms with Crippen molar-refractivity contribution in [2.45, 2.75) is 39.2 Å². The number of benzene rings is 2. The maximum absolute atomic E-state index is 11.4. The number of aromatic amines is 1. The first-order chi connectivity index (χ1) is 15.5. The molecule has 1 unspecified atom stereocenters. The molecule has 2 aromatic carbocycles. The Morgan fingerprint density at radius 1 is 1.31 bits per heavy atom. The van der Waals surface area contributed by atoms with Gasteiger partial charge in [0, 0.05) is 41.8 Å². The second-order valence-electron chi connectivity index (χ2n) is 8.38. The number of carbonyl (C=O) groups is 1. The molecule has 6 heteroatoms. The summed E-state index contributed by atoms with van der Waals surface area (Å²) in [5, 5.41) is 10.0. The van der Waals surface area contributed by atoms with Gasteiger partial charge in [0.05, 0.1) is 7.11 Å². The predicted molar refractivity (Wildman–Crippen MR) is 127 cm³/mol. The summed E-state index contributed by atoms with van der Waals surface area (Å²) in [6.45, 7) is 6.11. The molecule has 0 saturated carbocycles. The number of hydroxylamine groups is 1. The minimum absolute atomic E-state index is 0.416. The molecule has 3 N–H and O–H groups in total. The summed E-state index contributed by atoms with van der Waals surface area (Å²) in [5.41, 5.74) is 8.70. The molecule has 1 heterocycles. The summed E-state index contributed by atoms with van der Waals surface area (Å²) in [7, 11) is 1.69. The molecule has 168 valence electrons. The lowest BCUT2D eigenvalue weighted by molar-refractivity contribution is -0.124. The Morgan fingerprint density at radius 3 is 2.91 bits per heavy atom. The van der Waals surface area contributed by atoms with E-state index in [0.717, 1.165) is 54.8 Å². The molecule has 0 bridgehead atoms. The second kappa shape index (κ2) is 9.59. The van der Waals surface area contributed by atoms with Crippen LogP contribution in [-0.4, -0.2) is 41.2 Å². The molecule has 4 rings (SSSR count). The third kappa shape index (κ3) is 4.42. The number of hydrogen-bond acceptors (Lipinski definition) is 4. The molecule has 0 radical (unpaired) electrons. The van der Waals surface area contributed by atoms with Crippen molar-refractivity contribution in [3.05, 3.63) is 70.9 Å². The minimum atomic E-state index is -0.506. The van der Waals surface area contributed by atoms with Crippen LogP contribution in [0.3, 0.4) is 0 Å². The molecular formula is C26H31N3O3. The number of carbonyl (C=O) groups excluding carboxylic acids is 1. The van der Waals surface area contributed by atoms with Gasteiger partial charge >= 0.3 is 0 Å². The van der Waals surface area contributed by atoms with Crippen LogP contribution < -0.4 is 10.2 Å².